The molecule has 0 radical (unpaired) electrons. The number of hydrogen-bond donors (Lipinski definition) is 1. The fourth-order valence-corrected chi connectivity index (χ4v) is 4.35. The molecule has 0 aromatic carbocycles. The maximum absolute atomic E-state index is 9.68. The number of nitrogens with zero attached hydrogens (tertiary/aromatic N) is 3. The van der Waals surface area contributed by atoms with Crippen LogP contribution in [0.3, 0.4) is 0 Å². The summed E-state index contributed by atoms with van der Waals surface area (Å²) in [5.74, 6) is 1.13. The molecule has 21 heavy (non-hydrogen) atoms. The minimum Gasteiger partial charge on any atom is -0.393 e. The lowest BCUT2D eigenvalue weighted by Gasteiger charge is -2.16. The maximum Gasteiger partial charge on any atom is 0.145 e. The largest absolute Gasteiger partial charge is 0.393 e. The van der Waals surface area contributed by atoms with Crippen LogP contribution in [0.2, 0.25) is 5.15 Å². The van der Waals surface area contributed by atoms with Crippen molar-refractivity contribution in [2.24, 2.45) is 5.92 Å². The Morgan fingerprint density at radius 3 is 2.86 bits per heavy atom. The summed E-state index contributed by atoms with van der Waals surface area (Å²) in [5.41, 5.74) is 1.18. The van der Waals surface area contributed by atoms with E-state index < -0.39 is 0 Å². The highest BCUT2D eigenvalue weighted by molar-refractivity contribution is 7.18. The van der Waals surface area contributed by atoms with E-state index in [9.17, 15) is 5.11 Å². The highest BCUT2D eigenvalue weighted by atomic mass is 35.5. The first-order valence-corrected chi connectivity index (χ1v) is 8.47. The molecule has 1 N–H and O–H groups in total. The number of likely N-dealkylation sites (tertiary alicyclic amines) is 1. The zero-order valence-corrected chi connectivity index (χ0v) is 14.1. The first kappa shape index (κ1) is 15.2. The standard InChI is InChI=1S/C15H20ClN3OS/c1-8-10(3)21-15-13(8)14(16)17-12(18-15)7-19-5-4-11(6-19)9(2)20/h9,11,20H,4-7H2,1-3H3. The van der Waals surface area contributed by atoms with Crippen LogP contribution in [-0.2, 0) is 6.54 Å². The maximum atomic E-state index is 9.68. The first-order valence-electron chi connectivity index (χ1n) is 7.28. The summed E-state index contributed by atoms with van der Waals surface area (Å²) in [4.78, 5) is 13.7. The molecule has 4 nitrogen and oxygen atoms in total. The SMILES string of the molecule is Cc1sc2nc(CN3CCC(C(C)O)C3)nc(Cl)c2c1C. The van der Waals surface area contributed by atoms with Gasteiger partial charge in [0.1, 0.15) is 15.8 Å². The monoisotopic (exact) mass is 325 g/mol. The van der Waals surface area contributed by atoms with E-state index >= 15 is 0 Å². The molecule has 114 valence electrons. The van der Waals surface area contributed by atoms with Gasteiger partial charge in [0.05, 0.1) is 18.0 Å². The van der Waals surface area contributed by atoms with Crippen molar-refractivity contribution in [1.29, 1.82) is 0 Å². The summed E-state index contributed by atoms with van der Waals surface area (Å²) in [7, 11) is 0. The van der Waals surface area contributed by atoms with Gasteiger partial charge >= 0.3 is 0 Å². The van der Waals surface area contributed by atoms with E-state index in [4.69, 9.17) is 11.6 Å². The van der Waals surface area contributed by atoms with E-state index in [1.807, 2.05) is 6.92 Å². The molecular weight excluding hydrogens is 306 g/mol. The average Bonchev–Trinajstić information content (AvgIpc) is 2.96. The van der Waals surface area contributed by atoms with Crippen LogP contribution in [0.1, 0.15) is 29.6 Å². The summed E-state index contributed by atoms with van der Waals surface area (Å²) in [5, 5.41) is 11.2. The molecule has 1 aliphatic rings. The molecule has 3 rings (SSSR count). The molecule has 1 fully saturated rings. The van der Waals surface area contributed by atoms with Crippen molar-refractivity contribution in [2.75, 3.05) is 13.1 Å². The van der Waals surface area contributed by atoms with Crippen LogP contribution >= 0.6 is 22.9 Å². The number of thiophene rings is 1. The molecule has 6 heteroatoms. The number of halogens is 1. The average molecular weight is 326 g/mol. The molecule has 3 heterocycles. The Kier molecular flexibility index (Phi) is 4.19. The summed E-state index contributed by atoms with van der Waals surface area (Å²) in [6.07, 6.45) is 0.787. The van der Waals surface area contributed by atoms with Gasteiger partial charge in [-0.05, 0) is 45.2 Å². The second kappa shape index (κ2) is 5.80. The van der Waals surface area contributed by atoms with Crippen LogP contribution in [-0.4, -0.2) is 39.2 Å². The topological polar surface area (TPSA) is 49.2 Å². The highest BCUT2D eigenvalue weighted by Gasteiger charge is 2.26. The Hall–Kier alpha value is -0.750. The van der Waals surface area contributed by atoms with Crippen molar-refractivity contribution in [3.63, 3.8) is 0 Å². The summed E-state index contributed by atoms with van der Waals surface area (Å²) >= 11 is 8.02. The lowest BCUT2D eigenvalue weighted by atomic mass is 10.0. The molecule has 0 bridgehead atoms. The second-order valence-corrected chi connectivity index (χ2v) is 7.48. The van der Waals surface area contributed by atoms with Crippen molar-refractivity contribution >= 4 is 33.2 Å². The molecular formula is C15H20ClN3OS. The van der Waals surface area contributed by atoms with E-state index in [2.05, 4.69) is 28.7 Å². The molecule has 0 aliphatic carbocycles. The summed E-state index contributed by atoms with van der Waals surface area (Å²) < 4.78 is 0. The van der Waals surface area contributed by atoms with Crippen LogP contribution in [0.4, 0.5) is 0 Å². The van der Waals surface area contributed by atoms with Gasteiger partial charge in [-0.3, -0.25) is 4.90 Å². The number of fused-ring (bicyclic) bond motifs is 1. The molecule has 2 aromatic heterocycles. The predicted octanol–water partition coefficient (Wildman–Crippen LogP) is 3.16. The van der Waals surface area contributed by atoms with Crippen LogP contribution < -0.4 is 0 Å². The molecule has 1 aliphatic heterocycles. The minimum atomic E-state index is -0.246. The van der Waals surface area contributed by atoms with Crippen molar-refractivity contribution in [3.05, 3.63) is 21.4 Å². The number of hydrogen-bond acceptors (Lipinski definition) is 5. The Morgan fingerprint density at radius 2 is 2.19 bits per heavy atom. The smallest absolute Gasteiger partial charge is 0.145 e. The Bertz CT molecular complexity index is 670. The number of aromatic nitrogens is 2. The third-order valence-corrected chi connectivity index (χ3v) is 5.76. The minimum absolute atomic E-state index is 0.246. The van der Waals surface area contributed by atoms with Crippen molar-refractivity contribution < 1.29 is 5.11 Å². The zero-order valence-electron chi connectivity index (χ0n) is 12.6. The third kappa shape index (κ3) is 2.93. The van der Waals surface area contributed by atoms with E-state index in [0.717, 1.165) is 35.6 Å². The van der Waals surface area contributed by atoms with E-state index in [-0.39, 0.29) is 6.10 Å². The quantitative estimate of drug-likeness (QED) is 0.881. The molecule has 0 amide bonds. The Morgan fingerprint density at radius 1 is 1.43 bits per heavy atom. The lowest BCUT2D eigenvalue weighted by molar-refractivity contribution is 0.127. The number of aryl methyl sites for hydroxylation is 2. The molecule has 0 saturated carbocycles. The van der Waals surface area contributed by atoms with Crippen molar-refractivity contribution in [1.82, 2.24) is 14.9 Å². The van der Waals surface area contributed by atoms with Crippen LogP contribution in [0.5, 0.6) is 0 Å². The lowest BCUT2D eigenvalue weighted by Crippen LogP contribution is -2.24. The molecule has 0 spiro atoms. The number of aliphatic hydroxyl groups excluding tert-OH is 1. The van der Waals surface area contributed by atoms with E-state index in [0.29, 0.717) is 17.6 Å². The van der Waals surface area contributed by atoms with Gasteiger partial charge in [-0.1, -0.05) is 11.6 Å². The first-order chi connectivity index (χ1) is 9.95. The van der Waals surface area contributed by atoms with Gasteiger partial charge in [0.15, 0.2) is 0 Å². The number of aliphatic hydroxyl groups is 1. The molecule has 1 saturated heterocycles. The van der Waals surface area contributed by atoms with Gasteiger partial charge < -0.3 is 5.11 Å². The van der Waals surface area contributed by atoms with Crippen LogP contribution in [0.15, 0.2) is 0 Å². The van der Waals surface area contributed by atoms with E-state index in [1.165, 1.54) is 10.4 Å². The van der Waals surface area contributed by atoms with E-state index in [1.54, 1.807) is 11.3 Å². The third-order valence-electron chi connectivity index (χ3n) is 4.39. The summed E-state index contributed by atoms with van der Waals surface area (Å²) in [6.45, 7) is 8.61. The van der Waals surface area contributed by atoms with Crippen molar-refractivity contribution in [3.8, 4) is 0 Å². The van der Waals surface area contributed by atoms with Gasteiger partial charge in [-0.25, -0.2) is 9.97 Å². The highest BCUT2D eigenvalue weighted by Crippen LogP contribution is 2.33. The van der Waals surface area contributed by atoms with Gasteiger partial charge in [0.2, 0.25) is 0 Å². The number of rotatable bonds is 3. The molecule has 2 unspecified atom stereocenters. The van der Waals surface area contributed by atoms with Crippen LogP contribution in [0, 0.1) is 19.8 Å². The molecule has 2 aromatic rings. The molecule has 2 atom stereocenters. The normalized spacial score (nSPS) is 21.3. The van der Waals surface area contributed by atoms with Gasteiger partial charge in [0, 0.05) is 11.4 Å². The predicted molar refractivity (Wildman–Crippen MR) is 87.0 cm³/mol. The zero-order chi connectivity index (χ0) is 15.1. The summed E-state index contributed by atoms with van der Waals surface area (Å²) in [6, 6.07) is 0. The van der Waals surface area contributed by atoms with Gasteiger partial charge in [0.25, 0.3) is 0 Å². The second-order valence-electron chi connectivity index (χ2n) is 5.92. The van der Waals surface area contributed by atoms with Crippen LogP contribution in [0.25, 0.3) is 10.2 Å². The van der Waals surface area contributed by atoms with Gasteiger partial charge in [-0.15, -0.1) is 11.3 Å². The van der Waals surface area contributed by atoms with Crippen molar-refractivity contribution in [2.45, 2.75) is 39.8 Å². The fraction of sp³-hybridized carbons (Fsp3) is 0.600. The Labute approximate surface area is 133 Å². The van der Waals surface area contributed by atoms with Gasteiger partial charge in [-0.2, -0.15) is 0 Å². The Balaban J connectivity index is 1.82. The fourth-order valence-electron chi connectivity index (χ4n) is 2.91.